The molecule has 0 amide bonds. The maximum Gasteiger partial charge on any atom is 0.102 e. The normalized spacial score (nSPS) is 31.7. The van der Waals surface area contributed by atoms with Gasteiger partial charge in [-0.3, -0.25) is 5.32 Å². The molecule has 2 N–H and O–H groups in total. The summed E-state index contributed by atoms with van der Waals surface area (Å²) in [4.78, 5) is 2.41. The highest BCUT2D eigenvalue weighted by atomic mass is 16.3. The quantitative estimate of drug-likeness (QED) is 0.662. The number of piperidine rings is 1. The number of likely N-dealkylation sites (tertiary alicyclic amines) is 1. The van der Waals surface area contributed by atoms with Crippen LogP contribution in [0.25, 0.3) is 0 Å². The number of nitrogens with zero attached hydrogens (tertiary/aromatic N) is 1. The largest absolute Gasteiger partial charge is 0.379 e. The molecule has 0 aromatic heterocycles. The molecular formula is C11H24N2O. The maximum absolute atomic E-state index is 9.07. The Morgan fingerprint density at radius 3 is 2.86 bits per heavy atom. The molecule has 0 bridgehead atoms. The number of nitrogens with one attached hydrogen (secondary N) is 1. The molecule has 3 atom stereocenters. The Morgan fingerprint density at radius 2 is 2.29 bits per heavy atom. The number of aliphatic hydroxyl groups excluding tert-OH is 1. The van der Waals surface area contributed by atoms with Crippen molar-refractivity contribution < 1.29 is 5.11 Å². The van der Waals surface area contributed by atoms with Crippen LogP contribution in [-0.4, -0.2) is 42.9 Å². The zero-order chi connectivity index (χ0) is 10.6. The lowest BCUT2D eigenvalue weighted by Gasteiger charge is -2.35. The monoisotopic (exact) mass is 200 g/mol. The third-order valence-corrected chi connectivity index (χ3v) is 3.24. The highest BCUT2D eigenvalue weighted by molar-refractivity contribution is 4.76. The van der Waals surface area contributed by atoms with Gasteiger partial charge in [-0.15, -0.1) is 0 Å². The van der Waals surface area contributed by atoms with Crippen LogP contribution < -0.4 is 5.32 Å². The van der Waals surface area contributed by atoms with Crippen LogP contribution in [0.4, 0.5) is 0 Å². The van der Waals surface area contributed by atoms with Gasteiger partial charge >= 0.3 is 0 Å². The van der Waals surface area contributed by atoms with E-state index in [0.29, 0.717) is 0 Å². The van der Waals surface area contributed by atoms with Gasteiger partial charge in [0.05, 0.1) is 0 Å². The minimum atomic E-state index is -0.364. The first-order chi connectivity index (χ1) is 6.59. The van der Waals surface area contributed by atoms with Crippen LogP contribution in [0.5, 0.6) is 0 Å². The highest BCUT2D eigenvalue weighted by Crippen LogP contribution is 2.24. The fourth-order valence-corrected chi connectivity index (χ4v) is 2.31. The Hall–Kier alpha value is -0.120. The predicted molar refractivity (Wildman–Crippen MR) is 59.1 cm³/mol. The summed E-state index contributed by atoms with van der Waals surface area (Å²) in [7, 11) is 2.20. The topological polar surface area (TPSA) is 35.5 Å². The molecule has 0 spiro atoms. The lowest BCUT2D eigenvalue weighted by atomic mass is 9.85. The minimum Gasteiger partial charge on any atom is -0.379 e. The second-order valence-corrected chi connectivity index (χ2v) is 4.71. The van der Waals surface area contributed by atoms with Crippen LogP contribution in [-0.2, 0) is 0 Å². The van der Waals surface area contributed by atoms with Crippen molar-refractivity contribution in [3.63, 3.8) is 0 Å². The first-order valence-electron chi connectivity index (χ1n) is 5.69. The van der Waals surface area contributed by atoms with Crippen LogP contribution in [0.1, 0.15) is 26.7 Å². The van der Waals surface area contributed by atoms with Crippen molar-refractivity contribution in [3.05, 3.63) is 0 Å². The van der Waals surface area contributed by atoms with E-state index in [9.17, 15) is 0 Å². The van der Waals surface area contributed by atoms with E-state index < -0.39 is 0 Å². The van der Waals surface area contributed by atoms with Gasteiger partial charge in [0.2, 0.25) is 0 Å². The molecule has 84 valence electrons. The standard InChI is InChI=1S/C11H24N2O/c1-9-8-13(3)7-5-11(9)4-6-12-10(2)14/h9-12,14H,4-8H2,1-3H3. The van der Waals surface area contributed by atoms with E-state index in [4.69, 9.17) is 5.11 Å². The molecule has 0 aliphatic carbocycles. The Balaban J connectivity index is 2.17. The van der Waals surface area contributed by atoms with Crippen LogP contribution in [0, 0.1) is 11.8 Å². The summed E-state index contributed by atoms with van der Waals surface area (Å²) in [5.74, 6) is 1.63. The van der Waals surface area contributed by atoms with E-state index in [1.54, 1.807) is 6.92 Å². The molecule has 1 saturated heterocycles. The average molecular weight is 200 g/mol. The van der Waals surface area contributed by atoms with Gasteiger partial charge in [0.1, 0.15) is 6.23 Å². The molecule has 3 unspecified atom stereocenters. The van der Waals surface area contributed by atoms with Gasteiger partial charge in [-0.25, -0.2) is 0 Å². The molecule has 14 heavy (non-hydrogen) atoms. The van der Waals surface area contributed by atoms with Gasteiger partial charge in [0, 0.05) is 6.54 Å². The third kappa shape index (κ3) is 3.95. The van der Waals surface area contributed by atoms with Gasteiger partial charge in [-0.2, -0.15) is 0 Å². The van der Waals surface area contributed by atoms with Crippen molar-refractivity contribution in [2.24, 2.45) is 11.8 Å². The number of hydrogen-bond acceptors (Lipinski definition) is 3. The number of hydrogen-bond donors (Lipinski definition) is 2. The molecule has 1 fully saturated rings. The van der Waals surface area contributed by atoms with Crippen LogP contribution in [0.15, 0.2) is 0 Å². The van der Waals surface area contributed by atoms with Gasteiger partial charge in [0.15, 0.2) is 0 Å². The van der Waals surface area contributed by atoms with E-state index in [1.807, 2.05) is 0 Å². The summed E-state index contributed by atoms with van der Waals surface area (Å²) >= 11 is 0. The number of aliphatic hydroxyl groups is 1. The zero-order valence-corrected chi connectivity index (χ0v) is 9.66. The first kappa shape index (κ1) is 12.0. The Morgan fingerprint density at radius 1 is 1.57 bits per heavy atom. The summed E-state index contributed by atoms with van der Waals surface area (Å²) in [5, 5.41) is 12.1. The van der Waals surface area contributed by atoms with Crippen molar-refractivity contribution in [1.82, 2.24) is 10.2 Å². The SMILES string of the molecule is CC(O)NCCC1CCN(C)CC1C. The second kappa shape index (κ2) is 5.69. The summed E-state index contributed by atoms with van der Waals surface area (Å²) in [5.41, 5.74) is 0. The van der Waals surface area contributed by atoms with E-state index in [2.05, 4.69) is 24.2 Å². The van der Waals surface area contributed by atoms with Gasteiger partial charge in [0.25, 0.3) is 0 Å². The highest BCUT2D eigenvalue weighted by Gasteiger charge is 2.23. The van der Waals surface area contributed by atoms with Gasteiger partial charge in [-0.05, 0) is 51.7 Å². The fourth-order valence-electron chi connectivity index (χ4n) is 2.31. The molecule has 3 heteroatoms. The Labute approximate surface area is 87.5 Å². The number of rotatable bonds is 4. The van der Waals surface area contributed by atoms with E-state index in [-0.39, 0.29) is 6.23 Å². The fraction of sp³-hybridized carbons (Fsp3) is 1.00. The molecule has 1 aliphatic heterocycles. The van der Waals surface area contributed by atoms with Gasteiger partial charge < -0.3 is 10.0 Å². The molecular weight excluding hydrogens is 176 g/mol. The molecule has 0 saturated carbocycles. The molecule has 3 nitrogen and oxygen atoms in total. The van der Waals surface area contributed by atoms with E-state index in [1.165, 1.54) is 25.9 Å². The summed E-state index contributed by atoms with van der Waals surface area (Å²) < 4.78 is 0. The maximum atomic E-state index is 9.07. The Kier molecular flexibility index (Phi) is 4.85. The molecule has 0 aromatic rings. The van der Waals surface area contributed by atoms with E-state index >= 15 is 0 Å². The van der Waals surface area contributed by atoms with Gasteiger partial charge in [-0.1, -0.05) is 6.92 Å². The molecule has 1 heterocycles. The smallest absolute Gasteiger partial charge is 0.102 e. The van der Waals surface area contributed by atoms with Crippen LogP contribution in [0.3, 0.4) is 0 Å². The molecule has 1 rings (SSSR count). The summed E-state index contributed by atoms with van der Waals surface area (Å²) in [6.45, 7) is 7.50. The average Bonchev–Trinajstić information content (AvgIpc) is 2.08. The first-order valence-corrected chi connectivity index (χ1v) is 5.69. The van der Waals surface area contributed by atoms with Crippen molar-refractivity contribution in [2.45, 2.75) is 32.9 Å². The van der Waals surface area contributed by atoms with Crippen molar-refractivity contribution in [1.29, 1.82) is 0 Å². The molecule has 0 aromatic carbocycles. The lowest BCUT2D eigenvalue weighted by molar-refractivity contribution is 0.129. The lowest BCUT2D eigenvalue weighted by Crippen LogP contribution is -2.38. The molecule has 0 radical (unpaired) electrons. The summed E-state index contributed by atoms with van der Waals surface area (Å²) in [6, 6.07) is 0. The van der Waals surface area contributed by atoms with Crippen LogP contribution in [0.2, 0.25) is 0 Å². The third-order valence-electron chi connectivity index (χ3n) is 3.24. The second-order valence-electron chi connectivity index (χ2n) is 4.71. The van der Waals surface area contributed by atoms with Crippen molar-refractivity contribution in [3.8, 4) is 0 Å². The Bertz CT molecular complexity index is 161. The van der Waals surface area contributed by atoms with Crippen molar-refractivity contribution in [2.75, 3.05) is 26.7 Å². The zero-order valence-electron chi connectivity index (χ0n) is 9.66. The minimum absolute atomic E-state index is 0.364. The van der Waals surface area contributed by atoms with Crippen LogP contribution >= 0.6 is 0 Å². The van der Waals surface area contributed by atoms with E-state index in [0.717, 1.165) is 18.4 Å². The summed E-state index contributed by atoms with van der Waals surface area (Å²) in [6.07, 6.45) is 2.13. The predicted octanol–water partition coefficient (Wildman–Crippen LogP) is 0.892. The molecule has 1 aliphatic rings. The van der Waals surface area contributed by atoms with Crippen molar-refractivity contribution >= 4 is 0 Å².